The minimum absolute atomic E-state index is 0.195. The second-order valence-electron chi connectivity index (χ2n) is 2.51. The standard InChI is InChI=1S/C5H12.C4H10O2/c1-3-5-4-2;5-3-1-2-4-6/h3-5H2,1-2H3;5-6H,1-4H2. The first-order chi connectivity index (χ1) is 5.33. The van der Waals surface area contributed by atoms with Crippen molar-refractivity contribution in [1.82, 2.24) is 0 Å². The summed E-state index contributed by atoms with van der Waals surface area (Å²) in [6.07, 6.45) is 5.51. The number of unbranched alkanes of at least 4 members (excludes halogenated alkanes) is 3. The molecule has 0 aliphatic carbocycles. The number of rotatable bonds is 5. The van der Waals surface area contributed by atoms with Crippen LogP contribution in [0.3, 0.4) is 0 Å². The van der Waals surface area contributed by atoms with Crippen molar-refractivity contribution in [2.24, 2.45) is 0 Å². The summed E-state index contributed by atoms with van der Waals surface area (Å²) in [5.41, 5.74) is 0. The summed E-state index contributed by atoms with van der Waals surface area (Å²) in [6, 6.07) is 0. The summed E-state index contributed by atoms with van der Waals surface area (Å²) in [4.78, 5) is 0. The van der Waals surface area contributed by atoms with E-state index in [2.05, 4.69) is 13.8 Å². The third-order valence-electron chi connectivity index (χ3n) is 1.27. The van der Waals surface area contributed by atoms with E-state index in [0.29, 0.717) is 0 Å². The van der Waals surface area contributed by atoms with Crippen LogP contribution >= 0.6 is 0 Å². The predicted molar refractivity (Wildman–Crippen MR) is 48.6 cm³/mol. The van der Waals surface area contributed by atoms with Gasteiger partial charge in [-0.25, -0.2) is 0 Å². The quantitative estimate of drug-likeness (QED) is 0.607. The number of aliphatic hydroxyl groups excluding tert-OH is 2. The highest BCUT2D eigenvalue weighted by Crippen LogP contribution is 1.88. The van der Waals surface area contributed by atoms with Crippen LogP contribution in [0.4, 0.5) is 0 Å². The maximum absolute atomic E-state index is 8.09. The van der Waals surface area contributed by atoms with Crippen molar-refractivity contribution in [2.45, 2.75) is 46.0 Å². The molecule has 0 spiro atoms. The Morgan fingerprint density at radius 3 is 1.18 bits per heavy atom. The van der Waals surface area contributed by atoms with Crippen molar-refractivity contribution in [3.8, 4) is 0 Å². The van der Waals surface area contributed by atoms with Crippen molar-refractivity contribution in [1.29, 1.82) is 0 Å². The molecule has 0 amide bonds. The molecule has 0 atom stereocenters. The van der Waals surface area contributed by atoms with Crippen molar-refractivity contribution in [3.05, 3.63) is 0 Å². The average molecular weight is 162 g/mol. The van der Waals surface area contributed by atoms with Crippen LogP contribution in [0.1, 0.15) is 46.0 Å². The lowest BCUT2D eigenvalue weighted by molar-refractivity contribution is 0.242. The summed E-state index contributed by atoms with van der Waals surface area (Å²) in [7, 11) is 0. The first-order valence-corrected chi connectivity index (χ1v) is 4.55. The van der Waals surface area contributed by atoms with Gasteiger partial charge in [0.05, 0.1) is 0 Å². The second kappa shape index (κ2) is 16.5. The normalized spacial score (nSPS) is 8.73. The minimum Gasteiger partial charge on any atom is -0.396 e. The molecule has 2 heteroatoms. The summed E-state index contributed by atoms with van der Waals surface area (Å²) in [5.74, 6) is 0. The van der Waals surface area contributed by atoms with E-state index in [1.807, 2.05) is 0 Å². The molecule has 0 radical (unpaired) electrons. The Morgan fingerprint density at radius 2 is 1.09 bits per heavy atom. The molecule has 0 aliphatic rings. The van der Waals surface area contributed by atoms with E-state index in [-0.39, 0.29) is 13.2 Å². The van der Waals surface area contributed by atoms with Gasteiger partial charge in [0.2, 0.25) is 0 Å². The van der Waals surface area contributed by atoms with Crippen LogP contribution in [-0.2, 0) is 0 Å². The maximum atomic E-state index is 8.09. The lowest BCUT2D eigenvalue weighted by Gasteiger charge is -1.85. The van der Waals surface area contributed by atoms with Gasteiger partial charge >= 0.3 is 0 Å². The van der Waals surface area contributed by atoms with Crippen molar-refractivity contribution in [2.75, 3.05) is 13.2 Å². The molecule has 0 aliphatic heterocycles. The highest BCUT2D eigenvalue weighted by molar-refractivity contribution is 4.30. The second-order valence-corrected chi connectivity index (χ2v) is 2.51. The molecule has 0 fully saturated rings. The Balaban J connectivity index is 0. The largest absolute Gasteiger partial charge is 0.396 e. The van der Waals surface area contributed by atoms with E-state index >= 15 is 0 Å². The molecule has 0 aromatic rings. The van der Waals surface area contributed by atoms with Gasteiger partial charge in [-0.1, -0.05) is 33.1 Å². The van der Waals surface area contributed by atoms with Gasteiger partial charge in [-0.05, 0) is 12.8 Å². The molecular formula is C9H22O2. The van der Waals surface area contributed by atoms with Crippen LogP contribution in [0.15, 0.2) is 0 Å². The number of hydrogen-bond acceptors (Lipinski definition) is 2. The molecule has 2 N–H and O–H groups in total. The van der Waals surface area contributed by atoms with Crippen molar-refractivity contribution < 1.29 is 10.2 Å². The first-order valence-electron chi connectivity index (χ1n) is 4.55. The van der Waals surface area contributed by atoms with E-state index in [4.69, 9.17) is 10.2 Å². The third kappa shape index (κ3) is 25.7. The van der Waals surface area contributed by atoms with Gasteiger partial charge in [-0.15, -0.1) is 0 Å². The van der Waals surface area contributed by atoms with Crippen LogP contribution in [0.5, 0.6) is 0 Å². The monoisotopic (exact) mass is 162 g/mol. The molecule has 11 heavy (non-hydrogen) atoms. The van der Waals surface area contributed by atoms with Crippen LogP contribution in [-0.4, -0.2) is 23.4 Å². The zero-order valence-electron chi connectivity index (χ0n) is 7.84. The predicted octanol–water partition coefficient (Wildman–Crippen LogP) is 1.95. The third-order valence-corrected chi connectivity index (χ3v) is 1.27. The number of hydrogen-bond donors (Lipinski definition) is 2. The van der Waals surface area contributed by atoms with E-state index in [9.17, 15) is 0 Å². The minimum atomic E-state index is 0.195. The average Bonchev–Trinajstić information content (AvgIpc) is 2.04. The highest BCUT2D eigenvalue weighted by atomic mass is 16.3. The van der Waals surface area contributed by atoms with Crippen molar-refractivity contribution in [3.63, 3.8) is 0 Å². The van der Waals surface area contributed by atoms with E-state index in [1.54, 1.807) is 0 Å². The van der Waals surface area contributed by atoms with Crippen LogP contribution in [0.25, 0.3) is 0 Å². The lowest BCUT2D eigenvalue weighted by Crippen LogP contribution is -1.85. The molecular weight excluding hydrogens is 140 g/mol. The highest BCUT2D eigenvalue weighted by Gasteiger charge is 1.77. The van der Waals surface area contributed by atoms with E-state index < -0.39 is 0 Å². The molecule has 0 heterocycles. The summed E-state index contributed by atoms with van der Waals surface area (Å²) in [5, 5.41) is 16.2. The molecule has 2 nitrogen and oxygen atoms in total. The Hall–Kier alpha value is -0.0800. The fraction of sp³-hybridized carbons (Fsp3) is 1.00. The molecule has 0 saturated carbocycles. The molecule has 70 valence electrons. The van der Waals surface area contributed by atoms with E-state index in [0.717, 1.165) is 12.8 Å². The van der Waals surface area contributed by atoms with Gasteiger partial charge in [0.15, 0.2) is 0 Å². The van der Waals surface area contributed by atoms with Crippen molar-refractivity contribution >= 4 is 0 Å². The van der Waals surface area contributed by atoms with Crippen LogP contribution < -0.4 is 0 Å². The Morgan fingerprint density at radius 1 is 0.727 bits per heavy atom. The zero-order valence-corrected chi connectivity index (χ0v) is 7.84. The fourth-order valence-electron chi connectivity index (χ4n) is 0.577. The van der Waals surface area contributed by atoms with Gasteiger partial charge in [0.1, 0.15) is 0 Å². The van der Waals surface area contributed by atoms with Gasteiger partial charge in [-0.3, -0.25) is 0 Å². The summed E-state index contributed by atoms with van der Waals surface area (Å²) >= 11 is 0. The Labute approximate surface area is 70.3 Å². The maximum Gasteiger partial charge on any atom is 0.0431 e. The zero-order chi connectivity index (χ0) is 8.95. The summed E-state index contributed by atoms with van der Waals surface area (Å²) in [6.45, 7) is 4.81. The summed E-state index contributed by atoms with van der Waals surface area (Å²) < 4.78 is 0. The molecule has 0 rings (SSSR count). The smallest absolute Gasteiger partial charge is 0.0431 e. The first kappa shape index (κ1) is 13.5. The Kier molecular flexibility index (Phi) is 20.2. The molecule has 0 aromatic heterocycles. The molecule has 0 unspecified atom stereocenters. The topological polar surface area (TPSA) is 40.5 Å². The molecule has 0 saturated heterocycles. The fourth-order valence-corrected chi connectivity index (χ4v) is 0.577. The van der Waals surface area contributed by atoms with Crippen LogP contribution in [0.2, 0.25) is 0 Å². The lowest BCUT2D eigenvalue weighted by atomic mass is 10.3. The van der Waals surface area contributed by atoms with Gasteiger partial charge in [0.25, 0.3) is 0 Å². The van der Waals surface area contributed by atoms with Gasteiger partial charge in [-0.2, -0.15) is 0 Å². The van der Waals surface area contributed by atoms with Crippen LogP contribution in [0, 0.1) is 0 Å². The van der Waals surface area contributed by atoms with Gasteiger partial charge in [0, 0.05) is 13.2 Å². The van der Waals surface area contributed by atoms with Gasteiger partial charge < -0.3 is 10.2 Å². The SMILES string of the molecule is CCCCC.OCCCCO. The number of aliphatic hydroxyl groups is 2. The van der Waals surface area contributed by atoms with E-state index in [1.165, 1.54) is 19.3 Å². The molecule has 0 aromatic carbocycles. The molecule has 0 bridgehead atoms. The Bertz CT molecular complexity index is 40.8.